The minimum Gasteiger partial charge on any atom is -0.375 e. The number of halogens is 1. The lowest BCUT2D eigenvalue weighted by molar-refractivity contribution is 1.19. The lowest BCUT2D eigenvalue weighted by atomic mass is 10.4. The highest BCUT2D eigenvalue weighted by atomic mass is 35.5. The van der Waals surface area contributed by atoms with Crippen molar-refractivity contribution < 1.29 is 0 Å². The Labute approximate surface area is 83.4 Å². The fraction of sp³-hybridized carbons (Fsp3) is 0. The Morgan fingerprint density at radius 3 is 2.69 bits per heavy atom. The quantitative estimate of drug-likeness (QED) is 0.784. The first-order chi connectivity index (χ1) is 6.25. The molecule has 0 atom stereocenters. The van der Waals surface area contributed by atoms with Crippen molar-refractivity contribution in [2.45, 2.75) is 0 Å². The average molecular weight is 213 g/mol. The Morgan fingerprint density at radius 1 is 1.23 bits per heavy atom. The number of nitrogens with zero attached hydrogens (tertiary/aromatic N) is 3. The minimum absolute atomic E-state index is 0.351. The van der Waals surface area contributed by atoms with Crippen molar-refractivity contribution in [3.63, 3.8) is 0 Å². The lowest BCUT2D eigenvalue weighted by Gasteiger charge is -1.93. The first kappa shape index (κ1) is 8.40. The Hall–Kier alpha value is -1.20. The molecule has 0 radical (unpaired) electrons. The molecule has 0 fully saturated rings. The van der Waals surface area contributed by atoms with E-state index in [1.54, 1.807) is 6.20 Å². The molecule has 0 bridgehead atoms. The van der Waals surface area contributed by atoms with E-state index in [0.717, 1.165) is 0 Å². The molecule has 66 valence electrons. The van der Waals surface area contributed by atoms with Gasteiger partial charge in [0.05, 0.1) is 12.4 Å². The molecule has 6 heteroatoms. The van der Waals surface area contributed by atoms with Crippen molar-refractivity contribution in [3.05, 3.63) is 22.9 Å². The maximum absolute atomic E-state index is 5.67. The van der Waals surface area contributed by atoms with Crippen LogP contribution in [0, 0.1) is 0 Å². The van der Waals surface area contributed by atoms with E-state index in [1.165, 1.54) is 17.5 Å². The zero-order valence-corrected chi connectivity index (χ0v) is 8.01. The van der Waals surface area contributed by atoms with E-state index in [-0.39, 0.29) is 0 Å². The molecule has 0 spiro atoms. The minimum atomic E-state index is 0.351. The van der Waals surface area contributed by atoms with Crippen molar-refractivity contribution in [1.82, 2.24) is 15.0 Å². The molecule has 0 aliphatic heterocycles. The highest BCUT2D eigenvalue weighted by molar-refractivity contribution is 7.13. The first-order valence-electron chi connectivity index (χ1n) is 3.44. The van der Waals surface area contributed by atoms with Gasteiger partial charge in [0.1, 0.15) is 16.5 Å². The van der Waals surface area contributed by atoms with Crippen LogP contribution in [0.15, 0.2) is 17.8 Å². The zero-order chi connectivity index (χ0) is 9.26. The fourth-order valence-electron chi connectivity index (χ4n) is 0.871. The summed E-state index contributed by atoms with van der Waals surface area (Å²) in [5, 5.41) is 2.68. The average Bonchev–Trinajstić information content (AvgIpc) is 2.52. The molecule has 4 nitrogen and oxygen atoms in total. The summed E-state index contributed by atoms with van der Waals surface area (Å²) < 4.78 is 0. The Morgan fingerprint density at radius 2 is 2.08 bits per heavy atom. The summed E-state index contributed by atoms with van der Waals surface area (Å²) in [4.78, 5) is 12.0. The third-order valence-electron chi connectivity index (χ3n) is 1.39. The molecule has 2 aromatic heterocycles. The van der Waals surface area contributed by atoms with Crippen LogP contribution >= 0.6 is 22.9 Å². The number of rotatable bonds is 1. The summed E-state index contributed by atoms with van der Waals surface area (Å²) in [5.41, 5.74) is 6.83. The fourth-order valence-corrected chi connectivity index (χ4v) is 1.58. The lowest BCUT2D eigenvalue weighted by Crippen LogP contribution is -1.87. The van der Waals surface area contributed by atoms with E-state index in [2.05, 4.69) is 15.0 Å². The molecular weight excluding hydrogens is 208 g/mol. The van der Waals surface area contributed by atoms with Crippen molar-refractivity contribution in [2.75, 3.05) is 5.73 Å². The van der Waals surface area contributed by atoms with Gasteiger partial charge in [0.25, 0.3) is 0 Å². The molecule has 2 rings (SSSR count). The SMILES string of the molecule is Nc1nc(-c2cncc(Cl)n2)cs1. The van der Waals surface area contributed by atoms with Crippen molar-refractivity contribution in [1.29, 1.82) is 0 Å². The second-order valence-corrected chi connectivity index (χ2v) is 3.57. The van der Waals surface area contributed by atoms with Crippen LogP contribution in [0.1, 0.15) is 0 Å². The Balaban J connectivity index is 2.46. The van der Waals surface area contributed by atoms with Gasteiger partial charge in [0.15, 0.2) is 5.13 Å². The van der Waals surface area contributed by atoms with Gasteiger partial charge in [-0.3, -0.25) is 4.98 Å². The molecular formula is C7H5ClN4S. The van der Waals surface area contributed by atoms with Crippen LogP contribution in [0.25, 0.3) is 11.4 Å². The third-order valence-corrected chi connectivity index (χ3v) is 2.25. The zero-order valence-electron chi connectivity index (χ0n) is 6.44. The number of hydrogen-bond donors (Lipinski definition) is 1. The summed E-state index contributed by atoms with van der Waals surface area (Å²) in [6.45, 7) is 0. The van der Waals surface area contributed by atoms with E-state index < -0.39 is 0 Å². The summed E-state index contributed by atoms with van der Waals surface area (Å²) >= 11 is 7.03. The van der Waals surface area contributed by atoms with E-state index in [0.29, 0.717) is 21.7 Å². The Bertz CT molecular complexity index is 428. The van der Waals surface area contributed by atoms with Crippen LogP contribution in [-0.2, 0) is 0 Å². The highest BCUT2D eigenvalue weighted by Gasteiger charge is 2.04. The van der Waals surface area contributed by atoms with Gasteiger partial charge in [-0.15, -0.1) is 11.3 Å². The van der Waals surface area contributed by atoms with Crippen molar-refractivity contribution in [3.8, 4) is 11.4 Å². The van der Waals surface area contributed by atoms with Crippen LogP contribution < -0.4 is 5.73 Å². The van der Waals surface area contributed by atoms with Crippen LogP contribution in [0.5, 0.6) is 0 Å². The molecule has 2 N–H and O–H groups in total. The monoisotopic (exact) mass is 212 g/mol. The topological polar surface area (TPSA) is 64.7 Å². The second kappa shape index (κ2) is 3.27. The molecule has 0 aliphatic rings. The molecule has 0 aliphatic carbocycles. The van der Waals surface area contributed by atoms with Crippen LogP contribution in [0.4, 0.5) is 5.13 Å². The molecule has 2 heterocycles. The van der Waals surface area contributed by atoms with Gasteiger partial charge in [-0.2, -0.15) is 0 Å². The summed E-state index contributed by atoms with van der Waals surface area (Å²) in [7, 11) is 0. The smallest absolute Gasteiger partial charge is 0.180 e. The molecule has 0 amide bonds. The number of hydrogen-bond acceptors (Lipinski definition) is 5. The maximum Gasteiger partial charge on any atom is 0.180 e. The predicted molar refractivity (Wildman–Crippen MR) is 52.6 cm³/mol. The number of aromatic nitrogens is 3. The number of nitrogen functional groups attached to an aromatic ring is 1. The predicted octanol–water partition coefficient (Wildman–Crippen LogP) is 1.84. The molecule has 13 heavy (non-hydrogen) atoms. The summed E-state index contributed by atoms with van der Waals surface area (Å²) in [6.07, 6.45) is 3.07. The van der Waals surface area contributed by atoms with Gasteiger partial charge in [-0.1, -0.05) is 11.6 Å². The molecule has 0 saturated heterocycles. The van der Waals surface area contributed by atoms with Crippen molar-refractivity contribution in [2.24, 2.45) is 0 Å². The summed E-state index contributed by atoms with van der Waals surface area (Å²) in [6, 6.07) is 0. The van der Waals surface area contributed by atoms with E-state index >= 15 is 0 Å². The Kier molecular flexibility index (Phi) is 2.12. The van der Waals surface area contributed by atoms with E-state index in [1.807, 2.05) is 5.38 Å². The van der Waals surface area contributed by atoms with Crippen LogP contribution in [0.2, 0.25) is 5.15 Å². The summed E-state index contributed by atoms with van der Waals surface area (Å²) in [5.74, 6) is 0. The standard InChI is InChI=1S/C7H5ClN4S/c8-6-2-10-1-4(11-6)5-3-13-7(9)12-5/h1-3H,(H2,9,12). The molecule has 0 aromatic carbocycles. The van der Waals surface area contributed by atoms with Gasteiger partial charge in [0.2, 0.25) is 0 Å². The van der Waals surface area contributed by atoms with Gasteiger partial charge < -0.3 is 5.73 Å². The third kappa shape index (κ3) is 1.76. The number of anilines is 1. The number of thiazole rings is 1. The largest absolute Gasteiger partial charge is 0.375 e. The highest BCUT2D eigenvalue weighted by Crippen LogP contribution is 2.21. The van der Waals surface area contributed by atoms with Crippen molar-refractivity contribution >= 4 is 28.1 Å². The van der Waals surface area contributed by atoms with E-state index in [4.69, 9.17) is 17.3 Å². The molecule has 0 saturated carbocycles. The van der Waals surface area contributed by atoms with Gasteiger partial charge >= 0.3 is 0 Å². The molecule has 0 unspecified atom stereocenters. The van der Waals surface area contributed by atoms with Crippen LogP contribution in [0.3, 0.4) is 0 Å². The second-order valence-electron chi connectivity index (χ2n) is 2.30. The first-order valence-corrected chi connectivity index (χ1v) is 4.70. The van der Waals surface area contributed by atoms with E-state index in [9.17, 15) is 0 Å². The molecule has 2 aromatic rings. The number of nitrogens with two attached hydrogens (primary N) is 1. The van der Waals surface area contributed by atoms with Crippen LogP contribution in [-0.4, -0.2) is 15.0 Å². The normalized spacial score (nSPS) is 10.2. The maximum atomic E-state index is 5.67. The van der Waals surface area contributed by atoms with Gasteiger partial charge in [-0.05, 0) is 0 Å². The van der Waals surface area contributed by atoms with Gasteiger partial charge in [0, 0.05) is 5.38 Å². The van der Waals surface area contributed by atoms with Gasteiger partial charge in [-0.25, -0.2) is 9.97 Å².